The van der Waals surface area contributed by atoms with E-state index in [9.17, 15) is 26.3 Å². The topological polar surface area (TPSA) is 39.9 Å². The zero-order valence-corrected chi connectivity index (χ0v) is 11.7. The minimum atomic E-state index is -5.50. The number of alkyl halides is 7. The summed E-state index contributed by atoms with van der Waals surface area (Å²) in [5, 5.41) is 6.38. The van der Waals surface area contributed by atoms with E-state index in [0.29, 0.717) is 0 Å². The maximum absolute atomic E-state index is 12.7. The Hall–Kier alpha value is -0.840. The number of halogens is 7. The Balaban J connectivity index is 3.30. The first kappa shape index (κ1) is 17.2. The summed E-state index contributed by atoms with van der Waals surface area (Å²) in [6.07, 6.45) is -11.0. The lowest BCUT2D eigenvalue weighted by Crippen LogP contribution is -2.36. The smallest absolute Gasteiger partial charge is 0.383 e. The van der Waals surface area contributed by atoms with E-state index in [2.05, 4.69) is 30.9 Å². The summed E-state index contributed by atoms with van der Waals surface area (Å²) in [6.45, 7) is -0.268. The van der Waals surface area contributed by atoms with E-state index in [4.69, 9.17) is 0 Å². The van der Waals surface area contributed by atoms with Crippen molar-refractivity contribution in [3.8, 4) is 0 Å². The quantitative estimate of drug-likeness (QED) is 0.591. The molecule has 0 saturated heterocycles. The van der Waals surface area contributed by atoms with Gasteiger partial charge in [0.05, 0.1) is 11.9 Å². The van der Waals surface area contributed by atoms with Gasteiger partial charge in [0.25, 0.3) is 0 Å². The highest BCUT2D eigenvalue weighted by Crippen LogP contribution is 2.45. The Kier molecular flexibility index (Phi) is 5.41. The normalized spacial score (nSPS) is 13.2. The predicted molar refractivity (Wildman–Crippen MR) is 59.4 cm³/mol. The van der Waals surface area contributed by atoms with Crippen LogP contribution in [0.5, 0.6) is 0 Å². The van der Waals surface area contributed by atoms with E-state index in [-0.39, 0.29) is 24.3 Å². The van der Waals surface area contributed by atoms with Gasteiger partial charge in [0.1, 0.15) is 5.82 Å². The van der Waals surface area contributed by atoms with Crippen LogP contribution in [0.2, 0.25) is 0 Å². The average Bonchev–Trinajstić information content (AvgIpc) is 2.65. The Bertz CT molecular complexity index is 430. The van der Waals surface area contributed by atoms with Gasteiger partial charge >= 0.3 is 12.4 Å². The minimum Gasteiger partial charge on any atom is -0.383 e. The Morgan fingerprint density at radius 2 is 1.70 bits per heavy atom. The van der Waals surface area contributed by atoms with Crippen molar-refractivity contribution < 1.29 is 31.1 Å². The van der Waals surface area contributed by atoms with E-state index in [1.807, 2.05) is 0 Å². The van der Waals surface area contributed by atoms with Crippen LogP contribution < -0.4 is 0 Å². The van der Waals surface area contributed by atoms with Gasteiger partial charge in [-0.2, -0.15) is 26.3 Å². The summed E-state index contributed by atoms with van der Waals surface area (Å²) in [5.74, 6) is -4.89. The highest BCUT2D eigenvalue weighted by Gasteiger charge is 2.60. The maximum atomic E-state index is 12.7. The van der Waals surface area contributed by atoms with Crippen LogP contribution >= 0.6 is 15.9 Å². The average molecular weight is 370 g/mol. The Morgan fingerprint density at radius 1 is 1.15 bits per heavy atom. The molecule has 0 atom stereocenters. The molecule has 1 aromatic heterocycles. The molecule has 1 rings (SSSR count). The number of nitrogens with zero attached hydrogens (tertiary/aromatic N) is 3. The molecule has 0 aliphatic carbocycles. The van der Waals surface area contributed by atoms with E-state index in [0.717, 1.165) is 4.57 Å². The van der Waals surface area contributed by atoms with Crippen LogP contribution in [0.1, 0.15) is 17.6 Å². The van der Waals surface area contributed by atoms with Crippen molar-refractivity contribution in [1.29, 1.82) is 0 Å². The summed E-state index contributed by atoms with van der Waals surface area (Å²) < 4.78 is 81.5. The standard InChI is InChI=1S/C9H10BrF6N3O/c1-20-3-2-19-5(4-10)17-18-7(19)6(8(11,12)13)9(14,15)16/h6H,2-4H2,1H3. The lowest BCUT2D eigenvalue weighted by atomic mass is 10.1. The number of rotatable bonds is 5. The second kappa shape index (κ2) is 6.29. The largest absolute Gasteiger partial charge is 0.407 e. The Morgan fingerprint density at radius 3 is 2.10 bits per heavy atom. The van der Waals surface area contributed by atoms with Gasteiger partial charge < -0.3 is 9.30 Å². The highest BCUT2D eigenvalue weighted by molar-refractivity contribution is 9.08. The molecule has 1 aromatic rings. The van der Waals surface area contributed by atoms with Crippen molar-refractivity contribution in [2.75, 3.05) is 13.7 Å². The van der Waals surface area contributed by atoms with Crippen LogP contribution in [0.3, 0.4) is 0 Å². The molecule has 0 unspecified atom stereocenters. The van der Waals surface area contributed by atoms with E-state index in [1.165, 1.54) is 7.11 Å². The molecule has 0 spiro atoms. The Labute approximate surface area is 118 Å². The molecule has 0 aliphatic heterocycles. The fraction of sp³-hybridized carbons (Fsp3) is 0.778. The molecule has 0 fully saturated rings. The molecule has 11 heteroatoms. The second-order valence-electron chi connectivity index (χ2n) is 3.77. The molecule has 0 N–H and O–H groups in total. The molecule has 0 aromatic carbocycles. The molecule has 116 valence electrons. The molecular weight excluding hydrogens is 360 g/mol. The van der Waals surface area contributed by atoms with Gasteiger partial charge in [-0.25, -0.2) is 0 Å². The van der Waals surface area contributed by atoms with Gasteiger partial charge in [-0.3, -0.25) is 0 Å². The van der Waals surface area contributed by atoms with Crippen molar-refractivity contribution in [2.24, 2.45) is 0 Å². The van der Waals surface area contributed by atoms with Gasteiger partial charge in [0.15, 0.2) is 5.82 Å². The third-order valence-electron chi connectivity index (χ3n) is 2.41. The molecule has 0 saturated carbocycles. The zero-order chi connectivity index (χ0) is 15.6. The molecule has 0 bridgehead atoms. The van der Waals surface area contributed by atoms with Gasteiger partial charge in [-0.1, -0.05) is 15.9 Å². The first-order chi connectivity index (χ1) is 9.12. The van der Waals surface area contributed by atoms with Crippen LogP contribution in [0.25, 0.3) is 0 Å². The lowest BCUT2D eigenvalue weighted by molar-refractivity contribution is -0.256. The zero-order valence-electron chi connectivity index (χ0n) is 10.1. The third-order valence-corrected chi connectivity index (χ3v) is 2.91. The highest BCUT2D eigenvalue weighted by atomic mass is 79.9. The maximum Gasteiger partial charge on any atom is 0.407 e. The van der Waals surface area contributed by atoms with Gasteiger partial charge in [0, 0.05) is 13.7 Å². The van der Waals surface area contributed by atoms with Crippen LogP contribution in [0.4, 0.5) is 26.3 Å². The number of methoxy groups -OCH3 is 1. The van der Waals surface area contributed by atoms with Gasteiger partial charge in [-0.05, 0) is 0 Å². The van der Waals surface area contributed by atoms with Crippen molar-refractivity contribution >= 4 is 15.9 Å². The monoisotopic (exact) mass is 369 g/mol. The van der Waals surface area contributed by atoms with E-state index in [1.54, 1.807) is 0 Å². The van der Waals surface area contributed by atoms with Crippen LogP contribution in [0, 0.1) is 0 Å². The number of hydrogen-bond donors (Lipinski definition) is 0. The number of aromatic nitrogens is 3. The first-order valence-electron chi connectivity index (χ1n) is 5.23. The van der Waals surface area contributed by atoms with Crippen LogP contribution in [-0.4, -0.2) is 40.8 Å². The summed E-state index contributed by atoms with van der Waals surface area (Å²) in [4.78, 5) is 0. The third kappa shape index (κ3) is 3.84. The van der Waals surface area contributed by atoms with E-state index >= 15 is 0 Å². The molecule has 0 aliphatic rings. The second-order valence-corrected chi connectivity index (χ2v) is 4.33. The molecule has 0 radical (unpaired) electrons. The van der Waals surface area contributed by atoms with Gasteiger partial charge in [-0.15, -0.1) is 10.2 Å². The summed E-state index contributed by atoms with van der Waals surface area (Å²) in [5.41, 5.74) is 0. The van der Waals surface area contributed by atoms with Crippen molar-refractivity contribution in [3.63, 3.8) is 0 Å². The SMILES string of the molecule is COCCn1c(CBr)nnc1C(C(F)(F)F)C(F)(F)F. The van der Waals surface area contributed by atoms with Crippen LogP contribution in [0.15, 0.2) is 0 Å². The first-order valence-corrected chi connectivity index (χ1v) is 6.35. The molecule has 4 nitrogen and oxygen atoms in total. The number of hydrogen-bond acceptors (Lipinski definition) is 3. The summed E-state index contributed by atoms with van der Waals surface area (Å²) >= 11 is 2.94. The van der Waals surface area contributed by atoms with Crippen LogP contribution in [-0.2, 0) is 16.6 Å². The molecule has 1 heterocycles. The molecular formula is C9H10BrF6N3O. The number of ether oxygens (including phenoxy) is 1. The minimum absolute atomic E-state index is 0.0217. The fourth-order valence-corrected chi connectivity index (χ4v) is 1.98. The van der Waals surface area contributed by atoms with Crippen molar-refractivity contribution in [2.45, 2.75) is 30.1 Å². The fourth-order valence-electron chi connectivity index (χ4n) is 1.57. The van der Waals surface area contributed by atoms with Crippen molar-refractivity contribution in [1.82, 2.24) is 14.8 Å². The summed E-state index contributed by atoms with van der Waals surface area (Å²) in [7, 11) is 1.28. The lowest BCUT2D eigenvalue weighted by Gasteiger charge is -2.23. The van der Waals surface area contributed by atoms with Crippen molar-refractivity contribution in [3.05, 3.63) is 11.6 Å². The summed E-state index contributed by atoms with van der Waals surface area (Å²) in [6, 6.07) is 0. The van der Waals surface area contributed by atoms with Gasteiger partial charge in [0.2, 0.25) is 5.92 Å². The molecule has 0 amide bonds. The predicted octanol–water partition coefficient (Wildman–Crippen LogP) is 3.03. The molecule has 20 heavy (non-hydrogen) atoms. The van der Waals surface area contributed by atoms with E-state index < -0.39 is 24.1 Å².